The van der Waals surface area contributed by atoms with Crippen molar-refractivity contribution in [3.05, 3.63) is 0 Å². The minimum absolute atomic E-state index is 0.144. The predicted molar refractivity (Wildman–Crippen MR) is 100 cm³/mol. The Kier molecular flexibility index (Phi) is 6.09. The van der Waals surface area contributed by atoms with Crippen molar-refractivity contribution in [1.29, 1.82) is 0 Å². The molecule has 2 unspecified atom stereocenters. The van der Waals surface area contributed by atoms with Gasteiger partial charge in [-0.3, -0.25) is 9.59 Å². The van der Waals surface area contributed by atoms with Crippen LogP contribution < -0.4 is 0 Å². The number of carbonyl (C=O) groups excluding carboxylic acids is 1. The van der Waals surface area contributed by atoms with Crippen LogP contribution in [0.25, 0.3) is 0 Å². The monoisotopic (exact) mass is 398 g/mol. The molecular formula is C21H34O7. The fraction of sp³-hybridized carbons (Fsp3) is 0.905. The van der Waals surface area contributed by atoms with Crippen LogP contribution in [-0.2, 0) is 19.1 Å². The quantitative estimate of drug-likeness (QED) is 0.606. The maximum absolute atomic E-state index is 12.5. The first kappa shape index (κ1) is 21.5. The summed E-state index contributed by atoms with van der Waals surface area (Å²) in [6.45, 7) is 5.31. The van der Waals surface area contributed by atoms with Gasteiger partial charge in [0.25, 0.3) is 0 Å². The van der Waals surface area contributed by atoms with Gasteiger partial charge in [-0.05, 0) is 61.2 Å². The van der Waals surface area contributed by atoms with E-state index < -0.39 is 52.7 Å². The van der Waals surface area contributed by atoms with Crippen molar-refractivity contribution in [2.24, 2.45) is 34.5 Å². The number of ether oxygens (including phenoxy) is 2. The average Bonchev–Trinajstić information content (AvgIpc) is 3.16. The number of carbonyl (C=O) groups is 2. The van der Waals surface area contributed by atoms with Gasteiger partial charge in [0, 0.05) is 13.2 Å². The summed E-state index contributed by atoms with van der Waals surface area (Å²) in [5.41, 5.74) is -1.34. The number of carboxylic acid groups (broad SMARTS) is 1. The van der Waals surface area contributed by atoms with Crippen molar-refractivity contribution >= 4 is 11.9 Å². The first-order valence-electron chi connectivity index (χ1n) is 10.4. The minimum Gasteiger partial charge on any atom is -0.481 e. The summed E-state index contributed by atoms with van der Waals surface area (Å²) >= 11 is 0. The zero-order valence-corrected chi connectivity index (χ0v) is 17.1. The van der Waals surface area contributed by atoms with Gasteiger partial charge in [0.1, 0.15) is 0 Å². The van der Waals surface area contributed by atoms with Gasteiger partial charge in [0.05, 0.1) is 31.2 Å². The van der Waals surface area contributed by atoms with Crippen LogP contribution in [0.5, 0.6) is 0 Å². The van der Waals surface area contributed by atoms with Crippen LogP contribution in [0, 0.1) is 34.5 Å². The smallest absolute Gasteiger partial charge is 0.309 e. The fourth-order valence-corrected chi connectivity index (χ4v) is 6.52. The van der Waals surface area contributed by atoms with E-state index in [4.69, 9.17) is 9.47 Å². The summed E-state index contributed by atoms with van der Waals surface area (Å²) < 4.78 is 10.5. The van der Waals surface area contributed by atoms with Gasteiger partial charge in [-0.1, -0.05) is 13.8 Å². The lowest BCUT2D eigenvalue weighted by atomic mass is 9.43. The molecule has 0 bridgehead atoms. The van der Waals surface area contributed by atoms with Crippen LogP contribution >= 0.6 is 0 Å². The molecule has 7 heteroatoms. The highest BCUT2D eigenvalue weighted by atomic mass is 16.5. The number of aliphatic carboxylic acids is 1. The average molecular weight is 398 g/mol. The Morgan fingerprint density at radius 1 is 1.18 bits per heavy atom. The number of hydrogen-bond donors (Lipinski definition) is 3. The van der Waals surface area contributed by atoms with Gasteiger partial charge in [0.2, 0.25) is 0 Å². The number of carboxylic acids is 1. The standard InChI is InChI=1S/C21H34O7/c1-20(7-4-12-6-9-28-11-12)13(18(24)25)5-8-21(2)14(19(26)27-3)10-15(22)16(23)17(20)21/h12-17,22-23H,4-11H2,1-3H3,(H,24,25)/t12?,13-,14-,15-,16-,17?,20-,21-/m0/s1. The summed E-state index contributed by atoms with van der Waals surface area (Å²) in [6.07, 6.45) is 1.39. The third kappa shape index (κ3) is 3.46. The minimum atomic E-state index is -1.07. The second kappa shape index (κ2) is 7.92. The third-order valence-electron chi connectivity index (χ3n) is 8.10. The molecule has 0 radical (unpaired) electrons. The Bertz CT molecular complexity index is 602. The molecule has 0 aromatic rings. The highest BCUT2D eigenvalue weighted by Gasteiger charge is 2.64. The topological polar surface area (TPSA) is 113 Å². The van der Waals surface area contributed by atoms with Gasteiger partial charge in [0.15, 0.2) is 0 Å². The van der Waals surface area contributed by atoms with E-state index in [0.717, 1.165) is 19.4 Å². The number of fused-ring (bicyclic) bond motifs is 1. The van der Waals surface area contributed by atoms with Gasteiger partial charge in [-0.2, -0.15) is 0 Å². The van der Waals surface area contributed by atoms with Gasteiger partial charge < -0.3 is 24.8 Å². The lowest BCUT2D eigenvalue weighted by molar-refractivity contribution is -0.217. The third-order valence-corrected chi connectivity index (χ3v) is 8.10. The maximum atomic E-state index is 12.5. The first-order valence-corrected chi connectivity index (χ1v) is 10.4. The number of hydrogen-bond acceptors (Lipinski definition) is 6. The van der Waals surface area contributed by atoms with Crippen LogP contribution in [0.1, 0.15) is 52.4 Å². The molecule has 0 aromatic carbocycles. The lowest BCUT2D eigenvalue weighted by Crippen LogP contribution is -2.64. The van der Waals surface area contributed by atoms with Crippen molar-refractivity contribution in [3.8, 4) is 0 Å². The molecule has 0 aromatic heterocycles. The molecular weight excluding hydrogens is 364 g/mol. The molecule has 160 valence electrons. The second-order valence-corrected chi connectivity index (χ2v) is 9.56. The van der Waals surface area contributed by atoms with E-state index in [2.05, 4.69) is 0 Å². The molecule has 1 aliphatic heterocycles. The Morgan fingerprint density at radius 3 is 2.46 bits per heavy atom. The van der Waals surface area contributed by atoms with E-state index in [9.17, 15) is 24.9 Å². The molecule has 2 aliphatic carbocycles. The Labute approximate surface area is 166 Å². The van der Waals surface area contributed by atoms with Crippen LogP contribution in [0.15, 0.2) is 0 Å². The van der Waals surface area contributed by atoms with Crippen molar-refractivity contribution in [2.45, 2.75) is 64.6 Å². The van der Waals surface area contributed by atoms with E-state index in [0.29, 0.717) is 31.8 Å². The molecule has 3 fully saturated rings. The molecule has 3 N–H and O–H groups in total. The molecule has 2 saturated carbocycles. The summed E-state index contributed by atoms with van der Waals surface area (Å²) in [4.78, 5) is 24.7. The van der Waals surface area contributed by atoms with E-state index in [-0.39, 0.29) is 6.42 Å². The Hall–Kier alpha value is -1.18. The van der Waals surface area contributed by atoms with E-state index in [1.54, 1.807) is 0 Å². The fourth-order valence-electron chi connectivity index (χ4n) is 6.52. The van der Waals surface area contributed by atoms with Gasteiger partial charge >= 0.3 is 11.9 Å². The summed E-state index contributed by atoms with van der Waals surface area (Å²) in [7, 11) is 1.33. The maximum Gasteiger partial charge on any atom is 0.309 e. The second-order valence-electron chi connectivity index (χ2n) is 9.56. The molecule has 8 atom stereocenters. The summed E-state index contributed by atoms with van der Waals surface area (Å²) in [6, 6.07) is 0. The van der Waals surface area contributed by atoms with Crippen molar-refractivity contribution in [1.82, 2.24) is 0 Å². The SMILES string of the molecule is COC(=O)[C@@H]1C[C@H](O)[C@H](O)C2[C@@](C)(CCC3CCOC3)[C@H](C(=O)O)CC[C@]21C. The van der Waals surface area contributed by atoms with E-state index in [1.807, 2.05) is 13.8 Å². The van der Waals surface area contributed by atoms with Crippen LogP contribution in [0.4, 0.5) is 0 Å². The highest BCUT2D eigenvalue weighted by Crippen LogP contribution is 2.63. The zero-order chi connectivity index (χ0) is 20.7. The molecule has 1 saturated heterocycles. The molecule has 3 rings (SSSR count). The molecule has 0 spiro atoms. The number of rotatable bonds is 5. The van der Waals surface area contributed by atoms with Crippen molar-refractivity contribution in [3.63, 3.8) is 0 Å². The van der Waals surface area contributed by atoms with Crippen LogP contribution in [-0.4, -0.2) is 59.8 Å². The number of methoxy groups -OCH3 is 1. The lowest BCUT2D eigenvalue weighted by Gasteiger charge is -2.61. The van der Waals surface area contributed by atoms with E-state index >= 15 is 0 Å². The molecule has 7 nitrogen and oxygen atoms in total. The van der Waals surface area contributed by atoms with Crippen molar-refractivity contribution < 1.29 is 34.4 Å². The predicted octanol–water partition coefficient (Wildman–Crippen LogP) is 1.84. The molecule has 1 heterocycles. The highest BCUT2D eigenvalue weighted by molar-refractivity contribution is 5.75. The number of esters is 1. The van der Waals surface area contributed by atoms with Gasteiger partial charge in [-0.15, -0.1) is 0 Å². The number of aliphatic hydroxyl groups is 2. The van der Waals surface area contributed by atoms with Crippen LogP contribution in [0.3, 0.4) is 0 Å². The van der Waals surface area contributed by atoms with Crippen LogP contribution in [0.2, 0.25) is 0 Å². The van der Waals surface area contributed by atoms with Crippen molar-refractivity contribution in [2.75, 3.05) is 20.3 Å². The number of aliphatic hydroxyl groups excluding tert-OH is 2. The largest absolute Gasteiger partial charge is 0.481 e. The molecule has 28 heavy (non-hydrogen) atoms. The molecule has 3 aliphatic rings. The normalized spacial score (nSPS) is 46.0. The van der Waals surface area contributed by atoms with Gasteiger partial charge in [-0.25, -0.2) is 0 Å². The zero-order valence-electron chi connectivity index (χ0n) is 17.1. The molecule has 0 amide bonds. The Balaban J connectivity index is 1.98. The summed E-state index contributed by atoms with van der Waals surface area (Å²) in [5, 5.41) is 31.5. The summed E-state index contributed by atoms with van der Waals surface area (Å²) in [5.74, 6) is -2.53. The first-order chi connectivity index (χ1) is 13.1. The Morgan fingerprint density at radius 2 is 1.89 bits per heavy atom. The van der Waals surface area contributed by atoms with E-state index in [1.165, 1.54) is 7.11 Å².